The zero-order valence-electron chi connectivity index (χ0n) is 11.9. The van der Waals surface area contributed by atoms with E-state index in [0.717, 1.165) is 19.6 Å². The normalized spacial score (nSPS) is 21.1. The Labute approximate surface area is 114 Å². The van der Waals surface area contributed by atoms with Crippen LogP contribution in [0, 0.1) is 0 Å². The van der Waals surface area contributed by atoms with Crippen molar-refractivity contribution in [1.29, 1.82) is 0 Å². The van der Waals surface area contributed by atoms with Crippen molar-refractivity contribution in [3.63, 3.8) is 0 Å². The lowest BCUT2D eigenvalue weighted by Gasteiger charge is -2.37. The lowest BCUT2D eigenvalue weighted by molar-refractivity contribution is -0.137. The molecule has 2 amide bonds. The molecular formula is C12H24N4O3. The van der Waals surface area contributed by atoms with Gasteiger partial charge in [-0.3, -0.25) is 9.69 Å². The fourth-order valence-corrected chi connectivity index (χ4v) is 2.03. The van der Waals surface area contributed by atoms with Crippen molar-refractivity contribution in [2.24, 2.45) is 0 Å². The quantitative estimate of drug-likeness (QED) is 0.695. The van der Waals surface area contributed by atoms with E-state index in [1.165, 1.54) is 4.90 Å². The number of carboxylic acids is 1. The van der Waals surface area contributed by atoms with Crippen LogP contribution in [0.15, 0.2) is 0 Å². The third-order valence-electron chi connectivity index (χ3n) is 3.48. The Morgan fingerprint density at radius 1 is 1.37 bits per heavy atom. The molecule has 0 bridgehead atoms. The number of piperazine rings is 1. The molecule has 0 aromatic rings. The maximum absolute atomic E-state index is 11.8. The molecule has 7 heteroatoms. The Bertz CT molecular complexity index is 324. The summed E-state index contributed by atoms with van der Waals surface area (Å²) in [6.45, 7) is 3.76. The van der Waals surface area contributed by atoms with Crippen molar-refractivity contribution in [2.45, 2.75) is 12.5 Å². The van der Waals surface area contributed by atoms with Gasteiger partial charge in [0.25, 0.3) is 0 Å². The van der Waals surface area contributed by atoms with Gasteiger partial charge in [0.05, 0.1) is 6.42 Å². The molecule has 0 aromatic carbocycles. The van der Waals surface area contributed by atoms with Crippen molar-refractivity contribution in [3.05, 3.63) is 0 Å². The molecule has 1 heterocycles. The molecule has 19 heavy (non-hydrogen) atoms. The van der Waals surface area contributed by atoms with Gasteiger partial charge in [-0.1, -0.05) is 0 Å². The molecule has 0 spiro atoms. The molecule has 0 aliphatic carbocycles. The number of carbonyl (C=O) groups is 2. The average Bonchev–Trinajstić information content (AvgIpc) is 2.36. The average molecular weight is 272 g/mol. The van der Waals surface area contributed by atoms with Crippen molar-refractivity contribution in [3.8, 4) is 0 Å². The van der Waals surface area contributed by atoms with Gasteiger partial charge >= 0.3 is 12.0 Å². The number of hydrogen-bond donors (Lipinski definition) is 2. The highest BCUT2D eigenvalue weighted by atomic mass is 16.4. The van der Waals surface area contributed by atoms with Crippen LogP contribution in [0.4, 0.5) is 4.79 Å². The number of rotatable bonds is 5. The van der Waals surface area contributed by atoms with Gasteiger partial charge in [-0.2, -0.15) is 0 Å². The highest BCUT2D eigenvalue weighted by molar-refractivity contribution is 5.75. The van der Waals surface area contributed by atoms with Crippen molar-refractivity contribution in [1.82, 2.24) is 20.0 Å². The van der Waals surface area contributed by atoms with Crippen LogP contribution in [0.3, 0.4) is 0 Å². The van der Waals surface area contributed by atoms with E-state index in [4.69, 9.17) is 5.11 Å². The first-order valence-corrected chi connectivity index (χ1v) is 6.49. The Kier molecular flexibility index (Phi) is 6.04. The van der Waals surface area contributed by atoms with Crippen molar-refractivity contribution < 1.29 is 14.7 Å². The van der Waals surface area contributed by atoms with Crippen LogP contribution in [0.5, 0.6) is 0 Å². The van der Waals surface area contributed by atoms with Gasteiger partial charge in [-0.25, -0.2) is 4.79 Å². The molecule has 1 atom stereocenters. The maximum Gasteiger partial charge on any atom is 0.317 e. The van der Waals surface area contributed by atoms with E-state index in [1.54, 1.807) is 7.05 Å². The smallest absolute Gasteiger partial charge is 0.317 e. The minimum Gasteiger partial charge on any atom is -0.481 e. The third-order valence-corrected chi connectivity index (χ3v) is 3.48. The van der Waals surface area contributed by atoms with Crippen molar-refractivity contribution in [2.75, 3.05) is 53.9 Å². The molecule has 110 valence electrons. The first-order valence-electron chi connectivity index (χ1n) is 6.49. The molecule has 0 radical (unpaired) electrons. The summed E-state index contributed by atoms with van der Waals surface area (Å²) in [5.41, 5.74) is 0. The number of hydrogen-bond acceptors (Lipinski definition) is 4. The summed E-state index contributed by atoms with van der Waals surface area (Å²) < 4.78 is 0. The van der Waals surface area contributed by atoms with Gasteiger partial charge in [-0.15, -0.1) is 0 Å². The van der Waals surface area contributed by atoms with Gasteiger partial charge in [-0.05, 0) is 14.1 Å². The van der Waals surface area contributed by atoms with E-state index < -0.39 is 5.97 Å². The first-order chi connectivity index (χ1) is 8.90. The molecule has 1 aliphatic rings. The van der Waals surface area contributed by atoms with E-state index in [1.807, 2.05) is 0 Å². The van der Waals surface area contributed by atoms with Crippen LogP contribution in [0.25, 0.3) is 0 Å². The molecular weight excluding hydrogens is 248 g/mol. The van der Waals surface area contributed by atoms with Crippen molar-refractivity contribution >= 4 is 12.0 Å². The highest BCUT2D eigenvalue weighted by Crippen LogP contribution is 2.04. The number of nitrogens with one attached hydrogen (secondary N) is 1. The second-order valence-electron chi connectivity index (χ2n) is 5.15. The number of nitrogens with zero attached hydrogens (tertiary/aromatic N) is 3. The van der Waals surface area contributed by atoms with Gasteiger partial charge in [0.15, 0.2) is 0 Å². The number of aliphatic carboxylic acids is 1. The largest absolute Gasteiger partial charge is 0.481 e. The SMILES string of the molecule is CN1CCN(C)C(CNC(=O)N(C)CCC(=O)O)C1. The highest BCUT2D eigenvalue weighted by Gasteiger charge is 2.22. The van der Waals surface area contributed by atoms with E-state index >= 15 is 0 Å². The number of amides is 2. The molecule has 2 N–H and O–H groups in total. The molecule has 1 unspecified atom stereocenters. The van der Waals surface area contributed by atoms with E-state index in [0.29, 0.717) is 12.6 Å². The lowest BCUT2D eigenvalue weighted by Crippen LogP contribution is -2.55. The molecule has 1 aliphatic heterocycles. The topological polar surface area (TPSA) is 76.1 Å². The molecule has 7 nitrogen and oxygen atoms in total. The molecule has 1 fully saturated rings. The number of carbonyl (C=O) groups excluding carboxylic acids is 1. The van der Waals surface area contributed by atoms with Crippen LogP contribution in [0.2, 0.25) is 0 Å². The summed E-state index contributed by atoms with van der Waals surface area (Å²) in [5, 5.41) is 11.4. The standard InChI is InChI=1S/C12H24N4O3/c1-14-6-7-15(2)10(9-14)8-13-12(19)16(3)5-4-11(17)18/h10H,4-9H2,1-3H3,(H,13,19)(H,17,18). The predicted molar refractivity (Wildman–Crippen MR) is 72.2 cm³/mol. The molecule has 0 aromatic heterocycles. The Morgan fingerprint density at radius 2 is 2.05 bits per heavy atom. The third kappa shape index (κ3) is 5.44. The summed E-state index contributed by atoms with van der Waals surface area (Å²) in [5.74, 6) is -0.895. The zero-order chi connectivity index (χ0) is 14.4. The van der Waals surface area contributed by atoms with E-state index in [2.05, 4.69) is 29.2 Å². The minimum atomic E-state index is -0.895. The lowest BCUT2D eigenvalue weighted by atomic mass is 10.2. The van der Waals surface area contributed by atoms with Crippen LogP contribution in [0.1, 0.15) is 6.42 Å². The Balaban J connectivity index is 2.30. The summed E-state index contributed by atoms with van der Waals surface area (Å²) in [6.07, 6.45) is -0.0318. The molecule has 1 saturated heterocycles. The second-order valence-corrected chi connectivity index (χ2v) is 5.15. The maximum atomic E-state index is 11.8. The fourth-order valence-electron chi connectivity index (χ4n) is 2.03. The monoisotopic (exact) mass is 272 g/mol. The summed E-state index contributed by atoms with van der Waals surface area (Å²) in [4.78, 5) is 28.1. The van der Waals surface area contributed by atoms with Gasteiger partial charge < -0.3 is 20.2 Å². The predicted octanol–water partition coefficient (Wildman–Crippen LogP) is -0.652. The summed E-state index contributed by atoms with van der Waals surface area (Å²) in [7, 11) is 5.73. The summed E-state index contributed by atoms with van der Waals surface area (Å²) >= 11 is 0. The van der Waals surface area contributed by atoms with E-state index in [-0.39, 0.29) is 19.0 Å². The zero-order valence-corrected chi connectivity index (χ0v) is 11.9. The fraction of sp³-hybridized carbons (Fsp3) is 0.833. The van der Waals surface area contributed by atoms with Crippen LogP contribution < -0.4 is 5.32 Å². The van der Waals surface area contributed by atoms with Crippen LogP contribution >= 0.6 is 0 Å². The van der Waals surface area contributed by atoms with Crippen LogP contribution in [-0.4, -0.2) is 91.7 Å². The Morgan fingerprint density at radius 3 is 2.68 bits per heavy atom. The molecule has 1 rings (SSSR count). The number of carboxylic acid groups (broad SMARTS) is 1. The minimum absolute atomic E-state index is 0.0318. The molecule has 0 saturated carbocycles. The second kappa shape index (κ2) is 7.30. The van der Waals surface area contributed by atoms with Gasteiger partial charge in [0.2, 0.25) is 0 Å². The van der Waals surface area contributed by atoms with Gasteiger partial charge in [0.1, 0.15) is 0 Å². The van der Waals surface area contributed by atoms with Crippen LogP contribution in [-0.2, 0) is 4.79 Å². The van der Waals surface area contributed by atoms with E-state index in [9.17, 15) is 9.59 Å². The number of urea groups is 1. The first kappa shape index (κ1) is 15.7. The Hall–Kier alpha value is -1.34. The van der Waals surface area contributed by atoms with Gasteiger partial charge in [0, 0.05) is 45.8 Å². The number of likely N-dealkylation sites (N-methyl/N-ethyl adjacent to an activating group) is 2. The summed E-state index contributed by atoms with van der Waals surface area (Å²) in [6, 6.07) is 0.0819.